The van der Waals surface area contributed by atoms with Crippen LogP contribution in [0.4, 0.5) is 5.69 Å². The summed E-state index contributed by atoms with van der Waals surface area (Å²) in [6.45, 7) is 2.09. The molecule has 1 aliphatic rings. The minimum Gasteiger partial charge on any atom is -0.368 e. The van der Waals surface area contributed by atoms with Crippen molar-refractivity contribution in [3.05, 3.63) is 47.5 Å². The van der Waals surface area contributed by atoms with Crippen molar-refractivity contribution in [2.24, 2.45) is 10.7 Å². The fraction of sp³-hybridized carbons (Fsp3) is 0.222. The van der Waals surface area contributed by atoms with Crippen LogP contribution in [0.2, 0.25) is 0 Å². The number of aromatic nitrogens is 1. The zero-order valence-electron chi connectivity index (χ0n) is 15.2. The number of sulfonamides is 1. The Kier molecular flexibility index (Phi) is 4.52. The predicted octanol–water partition coefficient (Wildman–Crippen LogP) is 2.79. The molecule has 4 rings (SSSR count). The maximum absolute atomic E-state index is 12.9. The fourth-order valence-corrected chi connectivity index (χ4v) is 6.34. The van der Waals surface area contributed by atoms with Crippen molar-refractivity contribution in [1.82, 2.24) is 4.98 Å². The van der Waals surface area contributed by atoms with Crippen molar-refractivity contribution in [2.75, 3.05) is 17.9 Å². The van der Waals surface area contributed by atoms with Gasteiger partial charge >= 0.3 is 0 Å². The Balaban J connectivity index is 1.74. The van der Waals surface area contributed by atoms with Gasteiger partial charge in [-0.05, 0) is 30.5 Å². The number of nitrogens with zero attached hydrogens (tertiary/aromatic N) is 2. The number of hydrogen-bond acceptors (Lipinski definition) is 6. The number of fused-ring (bicyclic) bond motifs is 1. The van der Waals surface area contributed by atoms with Gasteiger partial charge in [0.25, 0.3) is 10.0 Å². The number of hydrogen-bond donors (Lipinski definition) is 2. The third-order valence-electron chi connectivity index (χ3n) is 4.68. The van der Waals surface area contributed by atoms with Crippen LogP contribution in [0, 0.1) is 0 Å². The maximum Gasteiger partial charge on any atom is 0.273 e. The van der Waals surface area contributed by atoms with E-state index in [1.807, 2.05) is 18.2 Å². The molecule has 10 heteroatoms. The van der Waals surface area contributed by atoms with Gasteiger partial charge in [0.2, 0.25) is 5.91 Å². The van der Waals surface area contributed by atoms with Crippen LogP contribution in [0.25, 0.3) is 10.9 Å². The summed E-state index contributed by atoms with van der Waals surface area (Å²) in [6.07, 6.45) is 0. The lowest BCUT2D eigenvalue weighted by molar-refractivity contribution is -0.119. The molecule has 7 nitrogen and oxygen atoms in total. The van der Waals surface area contributed by atoms with E-state index in [0.717, 1.165) is 11.1 Å². The lowest BCUT2D eigenvalue weighted by Crippen LogP contribution is -2.38. The van der Waals surface area contributed by atoms with Crippen molar-refractivity contribution in [2.45, 2.75) is 15.9 Å². The van der Waals surface area contributed by atoms with Crippen LogP contribution >= 0.6 is 23.1 Å². The molecule has 0 fully saturated rings. The summed E-state index contributed by atoms with van der Waals surface area (Å²) in [5, 5.41) is 3.28. The summed E-state index contributed by atoms with van der Waals surface area (Å²) >= 11 is 2.50. The van der Waals surface area contributed by atoms with Crippen molar-refractivity contribution in [1.29, 1.82) is 0 Å². The summed E-state index contributed by atoms with van der Waals surface area (Å²) in [5.74, 6) is -0.408. The highest BCUT2D eigenvalue weighted by Crippen LogP contribution is 2.37. The number of aromatic amines is 1. The number of nitrogens with one attached hydrogen (secondary N) is 1. The van der Waals surface area contributed by atoms with E-state index in [-0.39, 0.29) is 4.21 Å². The Morgan fingerprint density at radius 2 is 2.11 bits per heavy atom. The molecule has 0 spiro atoms. The summed E-state index contributed by atoms with van der Waals surface area (Å²) in [7, 11) is -2.11. The smallest absolute Gasteiger partial charge is 0.273 e. The minimum absolute atomic E-state index is 0.284. The number of rotatable bonds is 5. The van der Waals surface area contributed by atoms with Crippen LogP contribution in [-0.4, -0.2) is 42.7 Å². The normalized spacial score (nSPS) is 19.7. The number of nitrogens with two attached hydrogens (primary N) is 1. The van der Waals surface area contributed by atoms with E-state index < -0.39 is 20.7 Å². The van der Waals surface area contributed by atoms with Gasteiger partial charge in [0.05, 0.1) is 23.4 Å². The number of primary amides is 1. The van der Waals surface area contributed by atoms with Crippen molar-refractivity contribution in [3.8, 4) is 0 Å². The number of carbonyl (C=O) groups is 1. The minimum atomic E-state index is -3.64. The van der Waals surface area contributed by atoms with Crippen molar-refractivity contribution >= 4 is 60.7 Å². The highest BCUT2D eigenvalue weighted by Gasteiger charge is 2.39. The van der Waals surface area contributed by atoms with Crippen LogP contribution < -0.4 is 10.0 Å². The van der Waals surface area contributed by atoms with Gasteiger partial charge in [0.15, 0.2) is 0 Å². The maximum atomic E-state index is 12.9. The zero-order chi connectivity index (χ0) is 20.1. The van der Waals surface area contributed by atoms with E-state index in [1.54, 1.807) is 30.5 Å². The van der Waals surface area contributed by atoms with Gasteiger partial charge < -0.3 is 10.7 Å². The molecule has 1 aliphatic heterocycles. The highest BCUT2D eigenvalue weighted by molar-refractivity contribution is 8.16. The number of carbonyl (C=O) groups excluding carboxylic acids is 1. The van der Waals surface area contributed by atoms with E-state index in [0.29, 0.717) is 22.8 Å². The molecule has 1 amide bonds. The molecule has 2 aromatic heterocycles. The molecule has 0 saturated carbocycles. The van der Waals surface area contributed by atoms with Gasteiger partial charge in [0.1, 0.15) is 14.0 Å². The average Bonchev–Trinajstić information content (AvgIpc) is 3.39. The first-order valence-electron chi connectivity index (χ1n) is 8.40. The van der Waals surface area contributed by atoms with Crippen molar-refractivity contribution < 1.29 is 13.2 Å². The Labute approximate surface area is 170 Å². The molecule has 0 bridgehead atoms. The van der Waals surface area contributed by atoms with Crippen molar-refractivity contribution in [3.63, 3.8) is 0 Å². The molecule has 0 radical (unpaired) electrons. The Morgan fingerprint density at radius 1 is 1.32 bits per heavy atom. The molecular weight excluding hydrogens is 416 g/mol. The number of para-hydroxylation sites is 1. The third kappa shape index (κ3) is 3.01. The lowest BCUT2D eigenvalue weighted by atomic mass is 10.1. The summed E-state index contributed by atoms with van der Waals surface area (Å²) in [6, 6.07) is 10.7. The molecule has 3 heterocycles. The molecule has 0 aliphatic carbocycles. The van der Waals surface area contributed by atoms with Crippen LogP contribution in [-0.2, 0) is 14.8 Å². The number of thiophene rings is 1. The first-order chi connectivity index (χ1) is 13.2. The van der Waals surface area contributed by atoms with Crippen LogP contribution in [0.3, 0.4) is 0 Å². The fourth-order valence-electron chi connectivity index (χ4n) is 2.96. The van der Waals surface area contributed by atoms with Gasteiger partial charge in [-0.3, -0.25) is 14.1 Å². The number of thioether (sulfide) groups is 1. The van der Waals surface area contributed by atoms with Gasteiger partial charge in [0, 0.05) is 12.4 Å². The summed E-state index contributed by atoms with van der Waals surface area (Å²) in [5.41, 5.74) is 7.46. The Bertz CT molecular complexity index is 1200. The Hall–Kier alpha value is -2.30. The molecule has 1 aromatic carbocycles. The average molecular weight is 435 g/mol. The molecule has 1 atom stereocenters. The van der Waals surface area contributed by atoms with E-state index in [9.17, 15) is 13.2 Å². The van der Waals surface area contributed by atoms with Gasteiger partial charge in [-0.15, -0.1) is 11.3 Å². The standard InChI is InChI=1S/C18H18N4O3S3/c1-18(17(19)23)10-20-16(27-18)12-9-11-5-3-6-13(15(11)21-12)22(2)28(24,25)14-7-4-8-26-14/h3-9,21H,10H2,1-2H3,(H2,19,23). The van der Waals surface area contributed by atoms with Gasteiger partial charge in [-0.2, -0.15) is 0 Å². The zero-order valence-corrected chi connectivity index (χ0v) is 17.6. The first-order valence-corrected chi connectivity index (χ1v) is 11.5. The van der Waals surface area contributed by atoms with Crippen LogP contribution in [0.1, 0.15) is 12.6 Å². The molecule has 28 heavy (non-hydrogen) atoms. The van der Waals surface area contributed by atoms with Crippen LogP contribution in [0.5, 0.6) is 0 Å². The van der Waals surface area contributed by atoms with Gasteiger partial charge in [-0.25, -0.2) is 8.42 Å². The van der Waals surface area contributed by atoms with E-state index in [1.165, 1.54) is 34.5 Å². The van der Waals surface area contributed by atoms with E-state index in [2.05, 4.69) is 9.98 Å². The van der Waals surface area contributed by atoms with E-state index >= 15 is 0 Å². The second kappa shape index (κ2) is 6.64. The number of aliphatic imine (C=N–C) groups is 1. The molecule has 1 unspecified atom stereocenters. The number of amides is 1. The quantitative estimate of drug-likeness (QED) is 0.643. The van der Waals surface area contributed by atoms with E-state index in [4.69, 9.17) is 5.73 Å². The number of anilines is 1. The number of H-pyrrole nitrogens is 1. The lowest BCUT2D eigenvalue weighted by Gasteiger charge is -2.19. The molecule has 3 N–H and O–H groups in total. The summed E-state index contributed by atoms with van der Waals surface area (Å²) < 4.78 is 26.6. The monoisotopic (exact) mass is 434 g/mol. The highest BCUT2D eigenvalue weighted by atomic mass is 32.2. The third-order valence-corrected chi connectivity index (χ3v) is 9.15. The predicted molar refractivity (Wildman–Crippen MR) is 115 cm³/mol. The van der Waals surface area contributed by atoms with Gasteiger partial charge in [-0.1, -0.05) is 30.0 Å². The molecule has 3 aromatic rings. The topological polar surface area (TPSA) is 109 Å². The van der Waals surface area contributed by atoms with Crippen LogP contribution in [0.15, 0.2) is 51.0 Å². The summed E-state index contributed by atoms with van der Waals surface area (Å²) in [4.78, 5) is 19.4. The Morgan fingerprint density at radius 3 is 2.75 bits per heavy atom. The first kappa shape index (κ1) is 19.0. The largest absolute Gasteiger partial charge is 0.368 e. The second-order valence-electron chi connectivity index (χ2n) is 6.65. The molecular formula is C18H18N4O3S3. The number of benzene rings is 1. The molecule has 0 saturated heterocycles. The molecule has 146 valence electrons. The second-order valence-corrected chi connectivity index (χ2v) is 11.3. The SMILES string of the molecule is CN(c1cccc2cc(C3=NCC(C)(C(N)=O)S3)[nH]c12)S(=O)(=O)c1cccs1.